The monoisotopic (exact) mass is 365 g/mol. The molecule has 0 aliphatic rings. The lowest BCUT2D eigenvalue weighted by Gasteiger charge is -2.15. The Morgan fingerprint density at radius 2 is 1.72 bits per heavy atom. The van der Waals surface area contributed by atoms with E-state index in [4.69, 9.17) is 5.73 Å². The molecule has 3 rings (SSSR count). The predicted molar refractivity (Wildman–Crippen MR) is 87.0 cm³/mol. The molecule has 2 N–H and O–H groups in total. The van der Waals surface area contributed by atoms with Gasteiger partial charge in [0.1, 0.15) is 0 Å². The van der Waals surface area contributed by atoms with Crippen molar-refractivity contribution in [3.8, 4) is 0 Å². The summed E-state index contributed by atoms with van der Waals surface area (Å²) in [7, 11) is 0. The van der Waals surface area contributed by atoms with Crippen molar-refractivity contribution >= 4 is 44.0 Å². The van der Waals surface area contributed by atoms with Crippen molar-refractivity contribution in [2.45, 2.75) is 6.04 Å². The van der Waals surface area contributed by atoms with Crippen molar-refractivity contribution in [2.24, 2.45) is 5.73 Å². The van der Waals surface area contributed by atoms with Crippen LogP contribution in [0.25, 0.3) is 10.1 Å². The predicted octanol–water partition coefficient (Wildman–Crippen LogP) is 4.55. The van der Waals surface area contributed by atoms with E-state index in [-0.39, 0.29) is 6.04 Å². The Kier molecular flexibility index (Phi) is 3.37. The summed E-state index contributed by atoms with van der Waals surface area (Å²) in [5.74, 6) is 0. The molecule has 1 nitrogen and oxygen atoms in total. The number of halogens is 1. The van der Waals surface area contributed by atoms with Gasteiger partial charge in [-0.05, 0) is 56.6 Å². The van der Waals surface area contributed by atoms with E-state index in [0.29, 0.717) is 0 Å². The number of rotatable bonds is 2. The van der Waals surface area contributed by atoms with E-state index < -0.39 is 0 Å². The molecule has 0 radical (unpaired) electrons. The molecule has 90 valence electrons. The van der Waals surface area contributed by atoms with Crippen molar-refractivity contribution < 1.29 is 0 Å². The molecule has 0 fully saturated rings. The fourth-order valence-electron chi connectivity index (χ4n) is 2.16. The number of thiophene rings is 1. The summed E-state index contributed by atoms with van der Waals surface area (Å²) in [6, 6.07) is 16.7. The van der Waals surface area contributed by atoms with Crippen LogP contribution in [0.1, 0.15) is 17.2 Å². The van der Waals surface area contributed by atoms with Gasteiger partial charge in [0.05, 0.1) is 6.04 Å². The molecule has 0 amide bonds. The van der Waals surface area contributed by atoms with Gasteiger partial charge in [0, 0.05) is 8.27 Å². The average molecular weight is 365 g/mol. The van der Waals surface area contributed by atoms with Crippen molar-refractivity contribution in [1.82, 2.24) is 0 Å². The first-order valence-electron chi connectivity index (χ1n) is 5.73. The van der Waals surface area contributed by atoms with Gasteiger partial charge in [-0.1, -0.05) is 36.4 Å². The highest BCUT2D eigenvalue weighted by atomic mass is 127. The van der Waals surface area contributed by atoms with Crippen LogP contribution in [-0.2, 0) is 0 Å². The van der Waals surface area contributed by atoms with E-state index in [1.54, 1.807) is 11.3 Å². The Balaban J connectivity index is 2.15. The van der Waals surface area contributed by atoms with Gasteiger partial charge < -0.3 is 5.73 Å². The molecule has 0 aliphatic heterocycles. The molecule has 1 unspecified atom stereocenters. The quantitative estimate of drug-likeness (QED) is 0.663. The smallest absolute Gasteiger partial charge is 0.0576 e. The zero-order valence-electron chi connectivity index (χ0n) is 9.64. The summed E-state index contributed by atoms with van der Waals surface area (Å²) in [5, 5.41) is 3.40. The maximum absolute atomic E-state index is 6.44. The number of hydrogen-bond donors (Lipinski definition) is 1. The summed E-state index contributed by atoms with van der Waals surface area (Å²) in [6.07, 6.45) is 0. The number of fused-ring (bicyclic) bond motifs is 1. The molecule has 0 saturated carbocycles. The largest absolute Gasteiger partial charge is 0.320 e. The van der Waals surface area contributed by atoms with Crippen LogP contribution in [-0.4, -0.2) is 0 Å². The average Bonchev–Trinajstić information content (AvgIpc) is 2.86. The number of benzene rings is 2. The topological polar surface area (TPSA) is 26.0 Å². The fourth-order valence-corrected chi connectivity index (χ4v) is 3.83. The van der Waals surface area contributed by atoms with Gasteiger partial charge in [-0.2, -0.15) is 0 Å². The van der Waals surface area contributed by atoms with E-state index >= 15 is 0 Å². The Labute approximate surface area is 124 Å². The van der Waals surface area contributed by atoms with E-state index in [1.165, 1.54) is 24.8 Å². The van der Waals surface area contributed by atoms with Gasteiger partial charge >= 0.3 is 0 Å². The zero-order valence-corrected chi connectivity index (χ0v) is 12.6. The highest BCUT2D eigenvalue weighted by Gasteiger charge is 2.14. The molecule has 0 bridgehead atoms. The van der Waals surface area contributed by atoms with E-state index in [9.17, 15) is 0 Å². The second-order valence-corrected chi connectivity index (χ2v) is 6.26. The first-order valence-corrected chi connectivity index (χ1v) is 7.69. The van der Waals surface area contributed by atoms with Gasteiger partial charge in [-0.3, -0.25) is 0 Å². The molecule has 1 aromatic heterocycles. The van der Waals surface area contributed by atoms with E-state index in [2.05, 4.69) is 64.4 Å². The lowest BCUT2D eigenvalue weighted by molar-refractivity contribution is 0.876. The van der Waals surface area contributed by atoms with Crippen LogP contribution in [0.5, 0.6) is 0 Å². The first-order chi connectivity index (χ1) is 8.77. The van der Waals surface area contributed by atoms with Crippen LogP contribution in [0, 0.1) is 3.57 Å². The van der Waals surface area contributed by atoms with Crippen LogP contribution in [0.4, 0.5) is 0 Å². The molecule has 0 saturated heterocycles. The van der Waals surface area contributed by atoms with Gasteiger partial charge in [-0.15, -0.1) is 11.3 Å². The number of hydrogen-bond acceptors (Lipinski definition) is 2. The minimum absolute atomic E-state index is 0.0551. The van der Waals surface area contributed by atoms with Crippen molar-refractivity contribution in [3.63, 3.8) is 0 Å². The van der Waals surface area contributed by atoms with Crippen LogP contribution in [0.3, 0.4) is 0 Å². The summed E-state index contributed by atoms with van der Waals surface area (Å²) >= 11 is 4.11. The normalized spacial score (nSPS) is 12.8. The SMILES string of the molecule is NC(c1ccccc1I)c1cccc2ccsc12. The van der Waals surface area contributed by atoms with Crippen molar-refractivity contribution in [1.29, 1.82) is 0 Å². The Morgan fingerprint density at radius 1 is 0.944 bits per heavy atom. The Bertz CT molecular complexity index is 690. The van der Waals surface area contributed by atoms with Gasteiger partial charge in [0.15, 0.2) is 0 Å². The lowest BCUT2D eigenvalue weighted by Crippen LogP contribution is -2.13. The molecule has 0 aliphatic carbocycles. The molecular weight excluding hydrogens is 353 g/mol. The summed E-state index contributed by atoms with van der Waals surface area (Å²) in [5.41, 5.74) is 8.85. The fraction of sp³-hybridized carbons (Fsp3) is 0.0667. The highest BCUT2D eigenvalue weighted by Crippen LogP contribution is 2.32. The molecule has 1 heterocycles. The summed E-state index contributed by atoms with van der Waals surface area (Å²) in [6.45, 7) is 0. The molecule has 18 heavy (non-hydrogen) atoms. The maximum Gasteiger partial charge on any atom is 0.0576 e. The second kappa shape index (κ2) is 4.99. The van der Waals surface area contributed by atoms with Crippen LogP contribution >= 0.6 is 33.9 Å². The first kappa shape index (κ1) is 12.1. The zero-order chi connectivity index (χ0) is 12.5. The Morgan fingerprint density at radius 3 is 2.56 bits per heavy atom. The van der Waals surface area contributed by atoms with Gasteiger partial charge in [0.25, 0.3) is 0 Å². The number of nitrogens with two attached hydrogens (primary N) is 1. The van der Waals surface area contributed by atoms with Crippen LogP contribution in [0.15, 0.2) is 53.9 Å². The van der Waals surface area contributed by atoms with E-state index in [1.807, 2.05) is 12.1 Å². The van der Waals surface area contributed by atoms with Gasteiger partial charge in [0.2, 0.25) is 0 Å². The molecule has 1 atom stereocenters. The Hall–Kier alpha value is -0.910. The third-order valence-electron chi connectivity index (χ3n) is 3.08. The summed E-state index contributed by atoms with van der Waals surface area (Å²) < 4.78 is 2.51. The van der Waals surface area contributed by atoms with Crippen LogP contribution in [0.2, 0.25) is 0 Å². The van der Waals surface area contributed by atoms with Gasteiger partial charge in [-0.25, -0.2) is 0 Å². The summed E-state index contributed by atoms with van der Waals surface area (Å²) in [4.78, 5) is 0. The third-order valence-corrected chi connectivity index (χ3v) is 5.05. The second-order valence-electron chi connectivity index (χ2n) is 4.19. The highest BCUT2D eigenvalue weighted by molar-refractivity contribution is 14.1. The van der Waals surface area contributed by atoms with Crippen molar-refractivity contribution in [2.75, 3.05) is 0 Å². The minimum Gasteiger partial charge on any atom is -0.320 e. The van der Waals surface area contributed by atoms with Crippen molar-refractivity contribution in [3.05, 3.63) is 68.6 Å². The molecule has 3 aromatic rings. The van der Waals surface area contributed by atoms with E-state index in [0.717, 1.165) is 0 Å². The maximum atomic E-state index is 6.44. The molecule has 0 spiro atoms. The molecular formula is C15H12INS. The lowest BCUT2D eigenvalue weighted by atomic mass is 9.99. The minimum atomic E-state index is -0.0551. The third kappa shape index (κ3) is 2.06. The molecule has 3 heteroatoms. The van der Waals surface area contributed by atoms with Crippen LogP contribution < -0.4 is 5.73 Å². The standard InChI is InChI=1S/C15H12INS/c16-13-7-2-1-5-11(13)14(17)12-6-3-4-10-8-9-18-15(10)12/h1-9,14H,17H2. The molecule has 2 aromatic carbocycles.